The van der Waals surface area contributed by atoms with Crippen molar-refractivity contribution in [2.24, 2.45) is 0 Å². The summed E-state index contributed by atoms with van der Waals surface area (Å²) < 4.78 is 5.43. The smallest absolute Gasteiger partial charge is 0.187 e. The zero-order chi connectivity index (χ0) is 14.8. The van der Waals surface area contributed by atoms with E-state index in [1.54, 1.807) is 13.4 Å². The van der Waals surface area contributed by atoms with Gasteiger partial charge in [-0.05, 0) is 11.0 Å². The lowest BCUT2D eigenvalue weighted by molar-refractivity contribution is 0.415. The molecule has 0 fully saturated rings. The zero-order valence-electron chi connectivity index (χ0n) is 12.7. The molecule has 4 nitrogen and oxygen atoms in total. The third-order valence-electron chi connectivity index (χ3n) is 3.27. The van der Waals surface area contributed by atoms with Crippen molar-refractivity contribution < 1.29 is 4.74 Å². The number of ether oxygens (including phenoxy) is 1. The van der Waals surface area contributed by atoms with Gasteiger partial charge in [0.1, 0.15) is 12.0 Å². The number of anilines is 1. The molecule has 0 amide bonds. The van der Waals surface area contributed by atoms with Crippen LogP contribution in [0.1, 0.15) is 26.3 Å². The van der Waals surface area contributed by atoms with Gasteiger partial charge in [0.25, 0.3) is 0 Å². The Balaban J connectivity index is 2.47. The molecule has 0 aliphatic rings. The lowest BCUT2D eigenvalue weighted by atomic mass is 9.86. The summed E-state index contributed by atoms with van der Waals surface area (Å²) >= 11 is 0. The summed E-state index contributed by atoms with van der Waals surface area (Å²) in [4.78, 5) is 8.51. The van der Waals surface area contributed by atoms with E-state index in [1.807, 2.05) is 7.05 Å². The molecule has 20 heavy (non-hydrogen) atoms. The molecule has 1 aromatic carbocycles. The minimum atomic E-state index is 0.143. The van der Waals surface area contributed by atoms with E-state index in [0.29, 0.717) is 11.6 Å². The molecular weight excluding hydrogens is 250 g/mol. The Labute approximate surface area is 120 Å². The second kappa shape index (κ2) is 5.49. The molecule has 0 aliphatic carbocycles. The number of nitrogens with one attached hydrogen (secondary N) is 1. The number of hydrogen-bond donors (Lipinski definition) is 1. The molecule has 2 rings (SSSR count). The van der Waals surface area contributed by atoms with Crippen LogP contribution in [0, 0.1) is 0 Å². The second-order valence-corrected chi connectivity index (χ2v) is 5.68. The quantitative estimate of drug-likeness (QED) is 0.928. The molecule has 4 heteroatoms. The van der Waals surface area contributed by atoms with Gasteiger partial charge in [-0.1, -0.05) is 45.0 Å². The zero-order valence-corrected chi connectivity index (χ0v) is 12.7. The molecule has 0 spiro atoms. The van der Waals surface area contributed by atoms with Gasteiger partial charge in [-0.15, -0.1) is 0 Å². The number of methoxy groups -OCH3 is 1. The van der Waals surface area contributed by atoms with Crippen molar-refractivity contribution in [3.05, 3.63) is 36.2 Å². The normalized spacial score (nSPS) is 11.2. The summed E-state index contributed by atoms with van der Waals surface area (Å²) in [5.41, 5.74) is 3.26. The van der Waals surface area contributed by atoms with E-state index >= 15 is 0 Å². The fourth-order valence-electron chi connectivity index (χ4n) is 2.08. The fraction of sp³-hybridized carbons (Fsp3) is 0.375. The van der Waals surface area contributed by atoms with Crippen LogP contribution in [0.4, 0.5) is 5.82 Å². The number of rotatable bonds is 3. The highest BCUT2D eigenvalue weighted by Gasteiger charge is 2.16. The van der Waals surface area contributed by atoms with Crippen LogP contribution < -0.4 is 10.1 Å². The van der Waals surface area contributed by atoms with Gasteiger partial charge in [0.05, 0.1) is 7.11 Å². The van der Waals surface area contributed by atoms with Gasteiger partial charge in [0, 0.05) is 12.6 Å². The maximum absolute atomic E-state index is 5.43. The van der Waals surface area contributed by atoms with E-state index in [0.717, 1.165) is 11.3 Å². The largest absolute Gasteiger partial charge is 0.491 e. The van der Waals surface area contributed by atoms with Crippen molar-refractivity contribution in [2.45, 2.75) is 26.2 Å². The standard InChI is InChI=1S/C16H21N3O/c1-16(2,3)12-8-6-11(7-9-12)13-14(20-5)15(17-4)19-10-18-13/h6-10H,1-5H3,(H,17,18,19). The Morgan fingerprint density at radius 1 is 1.05 bits per heavy atom. The van der Waals surface area contributed by atoms with Gasteiger partial charge in [-0.2, -0.15) is 0 Å². The van der Waals surface area contributed by atoms with Crippen molar-refractivity contribution in [2.75, 3.05) is 19.5 Å². The minimum Gasteiger partial charge on any atom is -0.491 e. The Morgan fingerprint density at radius 2 is 1.70 bits per heavy atom. The van der Waals surface area contributed by atoms with Crippen LogP contribution in [0.15, 0.2) is 30.6 Å². The fourth-order valence-corrected chi connectivity index (χ4v) is 2.08. The van der Waals surface area contributed by atoms with Crippen molar-refractivity contribution in [1.29, 1.82) is 0 Å². The summed E-state index contributed by atoms with van der Waals surface area (Å²) in [6.07, 6.45) is 1.54. The summed E-state index contributed by atoms with van der Waals surface area (Å²) in [6.45, 7) is 6.60. The maximum atomic E-state index is 5.43. The predicted octanol–water partition coefficient (Wildman–Crippen LogP) is 3.49. The van der Waals surface area contributed by atoms with E-state index < -0.39 is 0 Å². The molecule has 2 aromatic rings. The predicted molar refractivity (Wildman–Crippen MR) is 82.3 cm³/mol. The molecular formula is C16H21N3O. The summed E-state index contributed by atoms with van der Waals surface area (Å²) in [5, 5.41) is 3.02. The maximum Gasteiger partial charge on any atom is 0.187 e. The van der Waals surface area contributed by atoms with Crippen LogP contribution in [-0.2, 0) is 5.41 Å². The van der Waals surface area contributed by atoms with Gasteiger partial charge in [-0.3, -0.25) is 0 Å². The molecule has 0 unspecified atom stereocenters. The van der Waals surface area contributed by atoms with Crippen molar-refractivity contribution in [3.8, 4) is 17.0 Å². The van der Waals surface area contributed by atoms with Crippen LogP contribution in [0.3, 0.4) is 0 Å². The lowest BCUT2D eigenvalue weighted by Gasteiger charge is -2.19. The Bertz CT molecular complexity index is 586. The van der Waals surface area contributed by atoms with Gasteiger partial charge < -0.3 is 10.1 Å². The van der Waals surface area contributed by atoms with Gasteiger partial charge in [0.15, 0.2) is 11.6 Å². The Hall–Kier alpha value is -2.10. The first-order valence-corrected chi connectivity index (χ1v) is 6.65. The van der Waals surface area contributed by atoms with Gasteiger partial charge in [0.2, 0.25) is 0 Å². The SMILES string of the molecule is CNc1ncnc(-c2ccc(C(C)(C)C)cc2)c1OC. The van der Waals surface area contributed by atoms with Crippen LogP contribution in [-0.4, -0.2) is 24.1 Å². The van der Waals surface area contributed by atoms with Gasteiger partial charge >= 0.3 is 0 Å². The first-order valence-electron chi connectivity index (χ1n) is 6.65. The average molecular weight is 271 g/mol. The molecule has 0 radical (unpaired) electrons. The van der Waals surface area contributed by atoms with E-state index in [2.05, 4.69) is 60.3 Å². The van der Waals surface area contributed by atoms with E-state index in [9.17, 15) is 0 Å². The van der Waals surface area contributed by atoms with Crippen LogP contribution >= 0.6 is 0 Å². The summed E-state index contributed by atoms with van der Waals surface area (Å²) in [6, 6.07) is 8.42. The number of benzene rings is 1. The molecule has 0 saturated carbocycles. The van der Waals surface area contributed by atoms with E-state index in [1.165, 1.54) is 5.56 Å². The van der Waals surface area contributed by atoms with Gasteiger partial charge in [-0.25, -0.2) is 9.97 Å². The van der Waals surface area contributed by atoms with Crippen molar-refractivity contribution >= 4 is 5.82 Å². The molecule has 0 saturated heterocycles. The lowest BCUT2D eigenvalue weighted by Crippen LogP contribution is -2.10. The number of aromatic nitrogens is 2. The minimum absolute atomic E-state index is 0.143. The van der Waals surface area contributed by atoms with E-state index in [-0.39, 0.29) is 5.41 Å². The average Bonchev–Trinajstić information content (AvgIpc) is 2.45. The molecule has 0 atom stereocenters. The first-order chi connectivity index (χ1) is 9.47. The molecule has 1 aromatic heterocycles. The third-order valence-corrected chi connectivity index (χ3v) is 3.27. The van der Waals surface area contributed by atoms with Crippen molar-refractivity contribution in [3.63, 3.8) is 0 Å². The van der Waals surface area contributed by atoms with E-state index in [4.69, 9.17) is 4.74 Å². The first kappa shape index (κ1) is 14.3. The molecule has 0 bridgehead atoms. The topological polar surface area (TPSA) is 47.0 Å². The number of hydrogen-bond acceptors (Lipinski definition) is 4. The number of nitrogens with zero attached hydrogens (tertiary/aromatic N) is 2. The Morgan fingerprint density at radius 3 is 2.20 bits per heavy atom. The van der Waals surface area contributed by atoms with Crippen LogP contribution in [0.2, 0.25) is 0 Å². The molecule has 1 N–H and O–H groups in total. The highest BCUT2D eigenvalue weighted by atomic mass is 16.5. The van der Waals surface area contributed by atoms with Crippen molar-refractivity contribution in [1.82, 2.24) is 9.97 Å². The van der Waals surface area contributed by atoms with Crippen LogP contribution in [0.25, 0.3) is 11.3 Å². The highest BCUT2D eigenvalue weighted by Crippen LogP contribution is 2.33. The molecule has 0 aliphatic heterocycles. The molecule has 106 valence electrons. The highest BCUT2D eigenvalue weighted by molar-refractivity contribution is 5.72. The second-order valence-electron chi connectivity index (χ2n) is 5.68. The van der Waals surface area contributed by atoms with Crippen LogP contribution in [0.5, 0.6) is 5.75 Å². The summed E-state index contributed by atoms with van der Waals surface area (Å²) in [7, 11) is 3.45. The Kier molecular flexibility index (Phi) is 3.93. The molecule has 1 heterocycles. The summed E-state index contributed by atoms with van der Waals surface area (Å²) in [5.74, 6) is 1.36. The third kappa shape index (κ3) is 2.74. The monoisotopic (exact) mass is 271 g/mol.